The van der Waals surface area contributed by atoms with Gasteiger partial charge < -0.3 is 9.47 Å². The highest BCUT2D eigenvalue weighted by atomic mass is 19.4. The van der Waals surface area contributed by atoms with Crippen molar-refractivity contribution < 1.29 is 18.0 Å². The highest BCUT2D eigenvalue weighted by Crippen LogP contribution is 2.24. The average Bonchev–Trinajstić information content (AvgIpc) is 3.18. The quantitative estimate of drug-likeness (QED) is 0.584. The van der Waals surface area contributed by atoms with E-state index in [-0.39, 0.29) is 25.0 Å². The number of hydrogen-bond donors (Lipinski definition) is 0. The number of unbranched alkanes of at least 4 members (excludes halogenated alkanes) is 1. The molecule has 1 aromatic heterocycles. The van der Waals surface area contributed by atoms with Crippen LogP contribution in [0, 0.1) is 11.3 Å². The zero-order valence-corrected chi connectivity index (χ0v) is 18.2. The van der Waals surface area contributed by atoms with Crippen molar-refractivity contribution in [2.45, 2.75) is 57.9 Å². The molecule has 0 saturated carbocycles. The Hall–Kier alpha value is -2.86. The maximum Gasteiger partial charge on any atom is 0.390 e. The minimum absolute atomic E-state index is 0.0131. The number of carbonyl (C=O) groups is 1. The number of amides is 1. The third-order valence-corrected chi connectivity index (χ3v) is 5.79. The lowest BCUT2D eigenvalue weighted by molar-refractivity contribution is -0.151. The number of hydrogen-bond acceptors (Lipinski definition) is 4. The summed E-state index contributed by atoms with van der Waals surface area (Å²) in [5, 5.41) is 8.95. The molecule has 172 valence electrons. The van der Waals surface area contributed by atoms with E-state index >= 15 is 0 Å². The molecule has 2 heterocycles. The van der Waals surface area contributed by atoms with Crippen molar-refractivity contribution in [1.82, 2.24) is 19.4 Å². The van der Waals surface area contributed by atoms with Gasteiger partial charge in [0.2, 0.25) is 5.91 Å². The van der Waals surface area contributed by atoms with Crippen LogP contribution in [0.1, 0.15) is 49.4 Å². The number of benzene rings is 1. The number of alkyl halides is 3. The van der Waals surface area contributed by atoms with Crippen LogP contribution < -0.4 is 0 Å². The first kappa shape index (κ1) is 23.8. The number of piperazine rings is 1. The summed E-state index contributed by atoms with van der Waals surface area (Å²) >= 11 is 0. The lowest BCUT2D eigenvalue weighted by Crippen LogP contribution is -2.56. The van der Waals surface area contributed by atoms with Gasteiger partial charge in [-0.3, -0.25) is 9.69 Å². The highest BCUT2D eigenvalue weighted by molar-refractivity contribution is 5.79. The fourth-order valence-corrected chi connectivity index (χ4v) is 3.96. The van der Waals surface area contributed by atoms with Crippen molar-refractivity contribution in [3.63, 3.8) is 0 Å². The van der Waals surface area contributed by atoms with Crippen LogP contribution >= 0.6 is 0 Å². The van der Waals surface area contributed by atoms with Gasteiger partial charge in [0.25, 0.3) is 0 Å². The Kier molecular flexibility index (Phi) is 7.91. The molecule has 6 nitrogen and oxygen atoms in total. The van der Waals surface area contributed by atoms with E-state index in [2.05, 4.69) is 22.9 Å². The molecule has 1 aliphatic rings. The molecule has 0 aliphatic carbocycles. The normalized spacial score (nSPS) is 17.5. The van der Waals surface area contributed by atoms with Gasteiger partial charge in [0.05, 0.1) is 36.6 Å². The molecule has 0 N–H and O–H groups in total. The third kappa shape index (κ3) is 6.57. The largest absolute Gasteiger partial charge is 0.390 e. The van der Waals surface area contributed by atoms with Crippen LogP contribution in [0.15, 0.2) is 36.8 Å². The molecule has 1 amide bonds. The van der Waals surface area contributed by atoms with Gasteiger partial charge in [-0.15, -0.1) is 0 Å². The van der Waals surface area contributed by atoms with E-state index in [1.165, 1.54) is 4.90 Å². The summed E-state index contributed by atoms with van der Waals surface area (Å²) in [5.74, 6) is -0.264. The maximum absolute atomic E-state index is 12.7. The Morgan fingerprint density at radius 1 is 1.22 bits per heavy atom. The lowest BCUT2D eigenvalue weighted by atomic mass is 10.0. The maximum atomic E-state index is 12.7. The molecule has 1 aliphatic heterocycles. The number of halogens is 3. The van der Waals surface area contributed by atoms with Crippen LogP contribution in [0.2, 0.25) is 0 Å². The number of carbonyl (C=O) groups excluding carboxylic acids is 1. The van der Waals surface area contributed by atoms with E-state index in [0.717, 1.165) is 30.5 Å². The molecule has 9 heteroatoms. The molecule has 32 heavy (non-hydrogen) atoms. The number of imidazole rings is 1. The van der Waals surface area contributed by atoms with Gasteiger partial charge in [-0.25, -0.2) is 4.98 Å². The molecule has 1 fully saturated rings. The Morgan fingerprint density at radius 3 is 2.62 bits per heavy atom. The first-order valence-electron chi connectivity index (χ1n) is 10.9. The minimum atomic E-state index is -4.27. The Morgan fingerprint density at radius 2 is 1.97 bits per heavy atom. The first-order valence-corrected chi connectivity index (χ1v) is 10.9. The van der Waals surface area contributed by atoms with Crippen LogP contribution in [0.5, 0.6) is 0 Å². The predicted octanol–water partition coefficient (Wildman–Crippen LogP) is 3.96. The summed E-state index contributed by atoms with van der Waals surface area (Å²) in [5.41, 5.74) is 2.56. The first-order chi connectivity index (χ1) is 15.3. The third-order valence-electron chi connectivity index (χ3n) is 5.79. The second-order valence-electron chi connectivity index (χ2n) is 8.23. The van der Waals surface area contributed by atoms with Crippen LogP contribution in [0.4, 0.5) is 13.2 Å². The number of rotatable bonds is 9. The van der Waals surface area contributed by atoms with E-state index in [1.54, 1.807) is 24.7 Å². The molecule has 0 bridgehead atoms. The van der Waals surface area contributed by atoms with Crippen molar-refractivity contribution in [1.29, 1.82) is 5.26 Å². The smallest absolute Gasteiger partial charge is 0.340 e. The van der Waals surface area contributed by atoms with Crippen molar-refractivity contribution in [3.05, 3.63) is 53.6 Å². The lowest BCUT2D eigenvalue weighted by Gasteiger charge is -2.41. The molecule has 1 saturated heterocycles. The van der Waals surface area contributed by atoms with E-state index in [4.69, 9.17) is 5.26 Å². The zero-order chi connectivity index (χ0) is 23.1. The molecule has 0 spiro atoms. The van der Waals surface area contributed by atoms with Gasteiger partial charge in [-0.05, 0) is 24.1 Å². The SMILES string of the molecule is CCCCC1CN(CCC(F)(F)F)C(=O)CN1Cc1cncn1Cc1ccc(C#N)cc1. The van der Waals surface area contributed by atoms with Gasteiger partial charge in [-0.2, -0.15) is 18.4 Å². The van der Waals surface area contributed by atoms with Gasteiger partial charge in [-0.1, -0.05) is 31.9 Å². The van der Waals surface area contributed by atoms with Crippen molar-refractivity contribution in [3.8, 4) is 6.07 Å². The Balaban J connectivity index is 1.69. The summed E-state index contributed by atoms with van der Waals surface area (Å²) in [6, 6.07) is 9.45. The fourth-order valence-electron chi connectivity index (χ4n) is 3.96. The highest BCUT2D eigenvalue weighted by Gasteiger charge is 2.35. The van der Waals surface area contributed by atoms with E-state index in [0.29, 0.717) is 25.2 Å². The minimum Gasteiger partial charge on any atom is -0.340 e. The Bertz CT molecular complexity index is 932. The standard InChI is InChI=1S/C23H28F3N5O/c1-2-3-4-20-14-29(10-9-23(24,25)26)22(32)16-30(20)15-21-12-28-17-31(21)13-19-7-5-18(11-27)6-8-19/h5-8,12,17,20H,2-4,9-10,13-16H2,1H3. The van der Waals surface area contributed by atoms with Crippen molar-refractivity contribution >= 4 is 5.91 Å². The topological polar surface area (TPSA) is 65.2 Å². The summed E-state index contributed by atoms with van der Waals surface area (Å²) in [6.07, 6.45) is 1.02. The molecular weight excluding hydrogens is 419 g/mol. The van der Waals surface area contributed by atoms with E-state index in [9.17, 15) is 18.0 Å². The number of nitriles is 1. The monoisotopic (exact) mass is 447 g/mol. The molecule has 0 radical (unpaired) electrons. The van der Waals surface area contributed by atoms with E-state index < -0.39 is 12.6 Å². The van der Waals surface area contributed by atoms with Crippen LogP contribution in [0.25, 0.3) is 0 Å². The fraction of sp³-hybridized carbons (Fsp3) is 0.522. The average molecular weight is 448 g/mol. The van der Waals surface area contributed by atoms with Gasteiger partial charge in [0, 0.05) is 38.4 Å². The summed E-state index contributed by atoms with van der Waals surface area (Å²) in [7, 11) is 0. The molecule has 1 atom stereocenters. The molecule has 2 aromatic rings. The molecule has 1 unspecified atom stereocenters. The van der Waals surface area contributed by atoms with Crippen LogP contribution in [0.3, 0.4) is 0 Å². The second kappa shape index (κ2) is 10.6. The van der Waals surface area contributed by atoms with E-state index in [1.807, 2.05) is 16.7 Å². The molecular formula is C23H28F3N5O. The van der Waals surface area contributed by atoms with Gasteiger partial charge in [0.15, 0.2) is 0 Å². The van der Waals surface area contributed by atoms with Crippen LogP contribution in [-0.4, -0.2) is 57.1 Å². The molecule has 1 aromatic carbocycles. The summed E-state index contributed by atoms with van der Waals surface area (Å²) < 4.78 is 40.0. The zero-order valence-electron chi connectivity index (χ0n) is 18.2. The number of nitrogens with zero attached hydrogens (tertiary/aromatic N) is 5. The Labute approximate surface area is 186 Å². The molecule has 3 rings (SSSR count). The summed E-state index contributed by atoms with van der Waals surface area (Å²) in [6.45, 7) is 3.30. The second-order valence-corrected chi connectivity index (χ2v) is 8.23. The van der Waals surface area contributed by atoms with Crippen LogP contribution in [-0.2, 0) is 17.9 Å². The summed E-state index contributed by atoms with van der Waals surface area (Å²) in [4.78, 5) is 20.3. The predicted molar refractivity (Wildman–Crippen MR) is 113 cm³/mol. The van der Waals surface area contributed by atoms with Crippen molar-refractivity contribution in [2.75, 3.05) is 19.6 Å². The van der Waals surface area contributed by atoms with Gasteiger partial charge in [0.1, 0.15) is 0 Å². The number of aromatic nitrogens is 2. The van der Waals surface area contributed by atoms with Gasteiger partial charge >= 0.3 is 6.18 Å². The van der Waals surface area contributed by atoms with Crippen molar-refractivity contribution in [2.24, 2.45) is 0 Å².